The second kappa shape index (κ2) is 7.65. The van der Waals surface area contributed by atoms with Crippen LogP contribution in [0.15, 0.2) is 25.3 Å². The predicted molar refractivity (Wildman–Crippen MR) is 64.7 cm³/mol. The van der Waals surface area contributed by atoms with Crippen molar-refractivity contribution in [3.8, 4) is 0 Å². The van der Waals surface area contributed by atoms with Crippen molar-refractivity contribution < 1.29 is 8.42 Å². The maximum atomic E-state index is 11.8. The molecule has 0 spiro atoms. The molecule has 0 aromatic rings. The van der Waals surface area contributed by atoms with E-state index in [1.807, 2.05) is 6.92 Å². The van der Waals surface area contributed by atoms with E-state index in [2.05, 4.69) is 13.2 Å². The zero-order valence-corrected chi connectivity index (χ0v) is 10.2. The Bertz CT molecular complexity index is 273. The normalized spacial score (nSPS) is 11.6. The standard InChI is InChI=1S/C11H20NO2S/c1-4-7-8-11-15(13,14)12(9-5-2)10-6-3/h5-6,9H,2-4,7-8,10-11H2,1H3. The van der Waals surface area contributed by atoms with Crippen LogP contribution in [0.2, 0.25) is 0 Å². The minimum absolute atomic E-state index is 0.193. The van der Waals surface area contributed by atoms with Gasteiger partial charge in [-0.1, -0.05) is 31.9 Å². The van der Waals surface area contributed by atoms with Gasteiger partial charge >= 0.3 is 0 Å². The van der Waals surface area contributed by atoms with Crippen LogP contribution in [-0.4, -0.2) is 25.0 Å². The summed E-state index contributed by atoms with van der Waals surface area (Å²) in [7, 11) is -3.18. The van der Waals surface area contributed by atoms with Crippen LogP contribution >= 0.6 is 0 Å². The molecule has 0 rings (SSSR count). The molecule has 0 unspecified atom stereocenters. The molecule has 0 bridgehead atoms. The third kappa shape index (κ3) is 5.74. The third-order valence-electron chi connectivity index (χ3n) is 1.94. The van der Waals surface area contributed by atoms with E-state index in [-0.39, 0.29) is 5.75 Å². The van der Waals surface area contributed by atoms with E-state index in [1.165, 1.54) is 16.9 Å². The summed E-state index contributed by atoms with van der Waals surface area (Å²) in [5.41, 5.74) is 0. The van der Waals surface area contributed by atoms with Gasteiger partial charge in [-0.3, -0.25) is 0 Å². The van der Waals surface area contributed by atoms with Gasteiger partial charge in [-0.05, 0) is 6.42 Å². The SMILES string of the molecule is C=C[CH]N(CC=C)S(=O)(=O)CCCCC. The van der Waals surface area contributed by atoms with Gasteiger partial charge in [-0.2, -0.15) is 4.31 Å². The molecule has 0 amide bonds. The van der Waals surface area contributed by atoms with Crippen molar-refractivity contribution >= 4 is 10.0 Å². The molecule has 0 aromatic carbocycles. The second-order valence-corrected chi connectivity index (χ2v) is 5.31. The van der Waals surface area contributed by atoms with Crippen LogP contribution in [0.4, 0.5) is 0 Å². The highest BCUT2D eigenvalue weighted by Gasteiger charge is 2.18. The molecule has 0 aliphatic heterocycles. The zero-order valence-electron chi connectivity index (χ0n) is 9.35. The first-order valence-electron chi connectivity index (χ1n) is 5.14. The van der Waals surface area contributed by atoms with E-state index in [4.69, 9.17) is 0 Å². The smallest absolute Gasteiger partial charge is 0.212 e. The molecule has 4 heteroatoms. The summed E-state index contributed by atoms with van der Waals surface area (Å²) < 4.78 is 24.8. The third-order valence-corrected chi connectivity index (χ3v) is 3.73. The Morgan fingerprint density at radius 1 is 1.27 bits per heavy atom. The van der Waals surface area contributed by atoms with Crippen LogP contribution in [0.3, 0.4) is 0 Å². The van der Waals surface area contributed by atoms with E-state index in [0.29, 0.717) is 13.0 Å². The number of rotatable bonds is 9. The molecule has 0 aliphatic carbocycles. The van der Waals surface area contributed by atoms with Gasteiger partial charge in [0, 0.05) is 6.54 Å². The molecule has 0 aliphatic rings. The fourth-order valence-corrected chi connectivity index (χ4v) is 2.57. The fraction of sp³-hybridized carbons (Fsp3) is 0.545. The average Bonchev–Trinajstić information content (AvgIpc) is 2.18. The molecule has 0 heterocycles. The maximum Gasteiger partial charge on any atom is 0.214 e. The lowest BCUT2D eigenvalue weighted by molar-refractivity contribution is 0.503. The molecule has 0 atom stereocenters. The highest BCUT2D eigenvalue weighted by atomic mass is 32.2. The first-order chi connectivity index (χ1) is 7.08. The molecule has 15 heavy (non-hydrogen) atoms. The molecule has 0 aromatic heterocycles. The molecular formula is C11H20NO2S. The van der Waals surface area contributed by atoms with Crippen LogP contribution < -0.4 is 0 Å². The predicted octanol–water partition coefficient (Wildman–Crippen LogP) is 2.34. The summed E-state index contributed by atoms with van der Waals surface area (Å²) in [6.45, 7) is 10.9. The van der Waals surface area contributed by atoms with E-state index in [1.54, 1.807) is 6.08 Å². The fourth-order valence-electron chi connectivity index (χ4n) is 1.16. The van der Waals surface area contributed by atoms with Gasteiger partial charge in [0.2, 0.25) is 10.0 Å². The van der Waals surface area contributed by atoms with Crippen LogP contribution in [-0.2, 0) is 10.0 Å². The Kier molecular flexibility index (Phi) is 7.34. The molecule has 0 N–H and O–H groups in total. The molecule has 0 saturated carbocycles. The summed E-state index contributed by atoms with van der Waals surface area (Å²) in [4.78, 5) is 0. The number of hydrogen-bond donors (Lipinski definition) is 0. The lowest BCUT2D eigenvalue weighted by Crippen LogP contribution is -2.30. The quantitative estimate of drug-likeness (QED) is 0.450. The van der Waals surface area contributed by atoms with Gasteiger partial charge in [0.1, 0.15) is 0 Å². The van der Waals surface area contributed by atoms with Crippen LogP contribution in [0.1, 0.15) is 26.2 Å². The summed E-state index contributed by atoms with van der Waals surface area (Å²) in [5, 5.41) is 0. The summed E-state index contributed by atoms with van der Waals surface area (Å²) in [6, 6.07) is 0. The van der Waals surface area contributed by atoms with Gasteiger partial charge in [-0.25, -0.2) is 8.42 Å². The van der Waals surface area contributed by atoms with Crippen molar-refractivity contribution in [2.45, 2.75) is 26.2 Å². The minimum atomic E-state index is -3.18. The first-order valence-corrected chi connectivity index (χ1v) is 6.75. The molecular weight excluding hydrogens is 210 g/mol. The topological polar surface area (TPSA) is 37.4 Å². The van der Waals surface area contributed by atoms with Gasteiger partial charge < -0.3 is 0 Å². The number of hydrogen-bond acceptors (Lipinski definition) is 2. The molecule has 3 nitrogen and oxygen atoms in total. The molecule has 1 radical (unpaired) electrons. The number of unbranched alkanes of at least 4 members (excludes halogenated alkanes) is 2. The lowest BCUT2D eigenvalue weighted by atomic mass is 10.3. The molecule has 0 saturated heterocycles. The van der Waals surface area contributed by atoms with Crippen molar-refractivity contribution in [1.82, 2.24) is 4.31 Å². The van der Waals surface area contributed by atoms with Gasteiger partial charge in [0.05, 0.1) is 12.3 Å². The number of nitrogens with zero attached hydrogens (tertiary/aromatic N) is 1. The Balaban J connectivity index is 4.34. The Labute approximate surface area is 93.5 Å². The van der Waals surface area contributed by atoms with Crippen LogP contribution in [0.25, 0.3) is 0 Å². The maximum absolute atomic E-state index is 11.8. The van der Waals surface area contributed by atoms with Gasteiger partial charge in [0.15, 0.2) is 0 Å². The largest absolute Gasteiger partial charge is 0.214 e. The highest BCUT2D eigenvalue weighted by Crippen LogP contribution is 2.08. The second-order valence-electron chi connectivity index (χ2n) is 3.27. The highest BCUT2D eigenvalue weighted by molar-refractivity contribution is 7.89. The van der Waals surface area contributed by atoms with Crippen molar-refractivity contribution in [2.24, 2.45) is 0 Å². The lowest BCUT2D eigenvalue weighted by Gasteiger charge is -2.18. The summed E-state index contributed by atoms with van der Waals surface area (Å²) in [6.07, 6.45) is 5.70. The first kappa shape index (κ1) is 14.4. The van der Waals surface area contributed by atoms with E-state index < -0.39 is 10.0 Å². The van der Waals surface area contributed by atoms with Crippen molar-refractivity contribution in [3.63, 3.8) is 0 Å². The summed E-state index contributed by atoms with van der Waals surface area (Å²) >= 11 is 0. The Hall–Kier alpha value is -0.610. The van der Waals surface area contributed by atoms with E-state index in [9.17, 15) is 8.42 Å². The van der Waals surface area contributed by atoms with Gasteiger partial charge in [0.25, 0.3) is 0 Å². The van der Waals surface area contributed by atoms with Crippen molar-refractivity contribution in [1.29, 1.82) is 0 Å². The Morgan fingerprint density at radius 2 is 1.93 bits per heavy atom. The minimum Gasteiger partial charge on any atom is -0.212 e. The number of sulfonamides is 1. The average molecular weight is 230 g/mol. The summed E-state index contributed by atoms with van der Waals surface area (Å²) in [5.74, 6) is 0.193. The van der Waals surface area contributed by atoms with E-state index >= 15 is 0 Å². The monoisotopic (exact) mass is 230 g/mol. The van der Waals surface area contributed by atoms with Gasteiger partial charge in [-0.15, -0.1) is 13.2 Å². The molecule has 0 fully saturated rings. The van der Waals surface area contributed by atoms with Crippen LogP contribution in [0.5, 0.6) is 0 Å². The zero-order chi connectivity index (χ0) is 11.7. The van der Waals surface area contributed by atoms with E-state index in [0.717, 1.165) is 12.8 Å². The van der Waals surface area contributed by atoms with Crippen molar-refractivity contribution in [2.75, 3.05) is 12.3 Å². The Morgan fingerprint density at radius 3 is 2.40 bits per heavy atom. The van der Waals surface area contributed by atoms with Crippen LogP contribution in [0, 0.1) is 6.54 Å². The molecule has 87 valence electrons. The van der Waals surface area contributed by atoms with Crippen molar-refractivity contribution in [3.05, 3.63) is 31.9 Å².